The summed E-state index contributed by atoms with van der Waals surface area (Å²) in [7, 11) is 0. The Morgan fingerprint density at radius 2 is 1.41 bits per heavy atom. The highest BCUT2D eigenvalue weighted by Crippen LogP contribution is 2.31. The van der Waals surface area contributed by atoms with Gasteiger partial charge in [-0.2, -0.15) is 0 Å². The number of hydrogen-bond acceptors (Lipinski definition) is 2. The molecule has 1 aromatic rings. The van der Waals surface area contributed by atoms with Crippen molar-refractivity contribution in [3.63, 3.8) is 0 Å². The highest BCUT2D eigenvalue weighted by Gasteiger charge is 2.34. The van der Waals surface area contributed by atoms with Crippen molar-refractivity contribution in [2.45, 2.75) is 19.6 Å². The lowest BCUT2D eigenvalue weighted by Gasteiger charge is -2.14. The quantitative estimate of drug-likeness (QED) is 0.753. The van der Waals surface area contributed by atoms with Crippen LogP contribution < -0.4 is 9.47 Å². The molecule has 0 N–H and O–H groups in total. The van der Waals surface area contributed by atoms with E-state index in [1.165, 1.54) is 6.92 Å². The maximum atomic E-state index is 11.9. The monoisotopic (exact) mass is 260 g/mol. The highest BCUT2D eigenvalue weighted by molar-refractivity contribution is 5.40. The summed E-state index contributed by atoms with van der Waals surface area (Å²) in [5, 5.41) is 0. The van der Waals surface area contributed by atoms with Crippen molar-refractivity contribution < 1.29 is 35.8 Å². The Morgan fingerprint density at radius 1 is 0.882 bits per heavy atom. The van der Waals surface area contributed by atoms with Gasteiger partial charge in [0.25, 0.3) is 0 Å². The van der Waals surface area contributed by atoms with Crippen LogP contribution in [0.5, 0.6) is 11.5 Å². The van der Waals surface area contributed by atoms with Gasteiger partial charge in [-0.05, 0) is 18.6 Å². The topological polar surface area (TPSA) is 18.5 Å². The Morgan fingerprint density at radius 3 is 1.88 bits per heavy atom. The number of alkyl halides is 6. The number of ether oxygens (including phenoxy) is 2. The largest absolute Gasteiger partial charge is 0.573 e. The molecule has 0 spiro atoms. The molecule has 96 valence electrons. The molecule has 0 aliphatic heterocycles. The van der Waals surface area contributed by atoms with E-state index in [1.807, 2.05) is 0 Å². The third kappa shape index (κ3) is 4.83. The van der Waals surface area contributed by atoms with Crippen LogP contribution in [0.15, 0.2) is 18.2 Å². The molecule has 0 unspecified atom stereocenters. The Hall–Kier alpha value is -1.60. The average molecular weight is 260 g/mol. The van der Waals surface area contributed by atoms with E-state index in [4.69, 9.17) is 0 Å². The van der Waals surface area contributed by atoms with Crippen LogP contribution >= 0.6 is 0 Å². The van der Waals surface area contributed by atoms with Crippen LogP contribution in [-0.2, 0) is 0 Å². The molecule has 0 fully saturated rings. The van der Waals surface area contributed by atoms with Crippen LogP contribution in [0.2, 0.25) is 0 Å². The first kappa shape index (κ1) is 13.5. The SMILES string of the molecule is Cc1ccc(OC(F)(F)F)cc1OC(F)(F)F. The van der Waals surface area contributed by atoms with Crippen molar-refractivity contribution in [2.75, 3.05) is 0 Å². The molecule has 0 amide bonds. The van der Waals surface area contributed by atoms with Gasteiger partial charge in [-0.3, -0.25) is 0 Å². The van der Waals surface area contributed by atoms with E-state index in [-0.39, 0.29) is 5.56 Å². The zero-order valence-corrected chi connectivity index (χ0v) is 8.32. The molecular weight excluding hydrogens is 254 g/mol. The van der Waals surface area contributed by atoms with Gasteiger partial charge < -0.3 is 9.47 Å². The fraction of sp³-hybridized carbons (Fsp3) is 0.333. The summed E-state index contributed by atoms with van der Waals surface area (Å²) in [5.74, 6) is -1.51. The summed E-state index contributed by atoms with van der Waals surface area (Å²) >= 11 is 0. The maximum Gasteiger partial charge on any atom is 0.573 e. The van der Waals surface area contributed by atoms with E-state index in [0.29, 0.717) is 6.07 Å². The van der Waals surface area contributed by atoms with Gasteiger partial charge in [-0.1, -0.05) is 6.07 Å². The van der Waals surface area contributed by atoms with Crippen LogP contribution in [0.25, 0.3) is 0 Å². The summed E-state index contributed by atoms with van der Waals surface area (Å²) in [6, 6.07) is 2.45. The Bertz CT molecular complexity index is 395. The zero-order chi connectivity index (χ0) is 13.3. The lowest BCUT2D eigenvalue weighted by molar-refractivity contribution is -0.276. The fourth-order valence-electron chi connectivity index (χ4n) is 1.01. The van der Waals surface area contributed by atoms with Gasteiger partial charge in [0.2, 0.25) is 0 Å². The van der Waals surface area contributed by atoms with E-state index in [2.05, 4.69) is 9.47 Å². The van der Waals surface area contributed by atoms with Crippen LogP contribution in [0.4, 0.5) is 26.3 Å². The lowest BCUT2D eigenvalue weighted by atomic mass is 10.2. The number of hydrogen-bond donors (Lipinski definition) is 0. The van der Waals surface area contributed by atoms with Crippen molar-refractivity contribution >= 4 is 0 Å². The molecule has 0 atom stereocenters. The van der Waals surface area contributed by atoms with Crippen LogP contribution in [0, 0.1) is 6.92 Å². The number of rotatable bonds is 2. The molecule has 8 heteroatoms. The molecule has 0 saturated heterocycles. The average Bonchev–Trinajstić information content (AvgIpc) is 2.05. The second kappa shape index (κ2) is 4.34. The highest BCUT2D eigenvalue weighted by atomic mass is 19.4. The molecular formula is C9H6F6O2. The van der Waals surface area contributed by atoms with Gasteiger partial charge in [0.1, 0.15) is 11.5 Å². The van der Waals surface area contributed by atoms with Crippen LogP contribution in [-0.4, -0.2) is 12.7 Å². The van der Waals surface area contributed by atoms with E-state index < -0.39 is 24.2 Å². The third-order valence-electron chi connectivity index (χ3n) is 1.62. The summed E-state index contributed by atoms with van der Waals surface area (Å²) in [5.41, 5.74) is 0.0387. The number of halogens is 6. The van der Waals surface area contributed by atoms with E-state index >= 15 is 0 Å². The molecule has 2 nitrogen and oxygen atoms in total. The molecule has 0 radical (unpaired) electrons. The lowest BCUT2D eigenvalue weighted by Crippen LogP contribution is -2.19. The fourth-order valence-corrected chi connectivity index (χ4v) is 1.01. The van der Waals surface area contributed by atoms with Gasteiger partial charge >= 0.3 is 12.7 Å². The molecule has 0 aromatic heterocycles. The van der Waals surface area contributed by atoms with Crippen molar-refractivity contribution in [1.29, 1.82) is 0 Å². The molecule has 0 aliphatic rings. The standard InChI is InChI=1S/C9H6F6O2/c1-5-2-3-6(16-8(10,11)12)4-7(5)17-9(13,14)15/h2-4H,1H3. The van der Waals surface area contributed by atoms with Crippen LogP contribution in [0.3, 0.4) is 0 Å². The normalized spacial score (nSPS) is 12.4. The molecule has 0 heterocycles. The van der Waals surface area contributed by atoms with Crippen molar-refractivity contribution in [1.82, 2.24) is 0 Å². The van der Waals surface area contributed by atoms with Crippen molar-refractivity contribution in [3.05, 3.63) is 23.8 Å². The zero-order valence-electron chi connectivity index (χ0n) is 8.32. The van der Waals surface area contributed by atoms with Gasteiger partial charge in [0, 0.05) is 6.07 Å². The minimum Gasteiger partial charge on any atom is -0.406 e. The molecule has 0 saturated carbocycles. The van der Waals surface area contributed by atoms with Crippen molar-refractivity contribution in [3.8, 4) is 11.5 Å². The third-order valence-corrected chi connectivity index (χ3v) is 1.62. The Balaban J connectivity index is 2.95. The van der Waals surface area contributed by atoms with E-state index in [0.717, 1.165) is 12.1 Å². The molecule has 17 heavy (non-hydrogen) atoms. The Labute approximate surface area is 91.7 Å². The molecule has 1 rings (SSSR count). The Kier molecular flexibility index (Phi) is 3.44. The maximum absolute atomic E-state index is 11.9. The van der Waals surface area contributed by atoms with Gasteiger partial charge in [-0.15, -0.1) is 26.3 Å². The molecule has 0 bridgehead atoms. The first-order chi connectivity index (χ1) is 7.57. The van der Waals surface area contributed by atoms with E-state index in [9.17, 15) is 26.3 Å². The van der Waals surface area contributed by atoms with Gasteiger partial charge in [0.05, 0.1) is 0 Å². The minimum absolute atomic E-state index is 0.0387. The van der Waals surface area contributed by atoms with Crippen LogP contribution in [0.1, 0.15) is 5.56 Å². The van der Waals surface area contributed by atoms with Gasteiger partial charge in [-0.25, -0.2) is 0 Å². The molecule has 0 aliphatic carbocycles. The van der Waals surface area contributed by atoms with Gasteiger partial charge in [0.15, 0.2) is 0 Å². The first-order valence-electron chi connectivity index (χ1n) is 4.19. The minimum atomic E-state index is -4.97. The molecule has 1 aromatic carbocycles. The van der Waals surface area contributed by atoms with E-state index in [1.54, 1.807) is 0 Å². The second-order valence-corrected chi connectivity index (χ2v) is 3.02. The number of aryl methyl sites for hydroxylation is 1. The predicted octanol–water partition coefficient (Wildman–Crippen LogP) is 3.79. The van der Waals surface area contributed by atoms with Crippen molar-refractivity contribution in [2.24, 2.45) is 0 Å². The first-order valence-corrected chi connectivity index (χ1v) is 4.19. The summed E-state index contributed by atoms with van der Waals surface area (Å²) in [4.78, 5) is 0. The predicted molar refractivity (Wildman–Crippen MR) is 44.5 cm³/mol. The summed E-state index contributed by atoms with van der Waals surface area (Å²) in [6.07, 6.45) is -9.94. The second-order valence-electron chi connectivity index (χ2n) is 3.02. The number of benzene rings is 1. The smallest absolute Gasteiger partial charge is 0.406 e. The summed E-state index contributed by atoms with van der Waals surface area (Å²) < 4.78 is 78.2. The summed E-state index contributed by atoms with van der Waals surface area (Å²) in [6.45, 7) is 1.26.